The van der Waals surface area contributed by atoms with Crippen molar-refractivity contribution in [2.45, 2.75) is 55.9 Å². The van der Waals surface area contributed by atoms with Crippen molar-refractivity contribution in [1.82, 2.24) is 5.32 Å². The molecule has 2 aromatic carbocycles. The lowest BCUT2D eigenvalue weighted by Crippen LogP contribution is -2.40. The Morgan fingerprint density at radius 3 is 2.05 bits per heavy atom. The van der Waals surface area contributed by atoms with Crippen LogP contribution in [0.1, 0.15) is 58.6 Å². The SMILES string of the molecule is O=C(NC1CCC(F)(F)CC1)c1ccc(/C(F)=C/C(c2cc(Cl)c(F)c(Cl)c2)C(F)(F)F)cc1C(F)(F)F. The molecular weight excluding hydrogens is 579 g/mol. The second-order valence-electron chi connectivity index (χ2n) is 8.69. The van der Waals surface area contributed by atoms with E-state index < -0.39 is 92.9 Å². The molecule has 0 radical (unpaired) electrons. The van der Waals surface area contributed by atoms with E-state index in [4.69, 9.17) is 23.2 Å². The highest BCUT2D eigenvalue weighted by Crippen LogP contribution is 2.42. The molecule has 0 saturated heterocycles. The van der Waals surface area contributed by atoms with Crippen LogP contribution in [-0.2, 0) is 6.18 Å². The second-order valence-corrected chi connectivity index (χ2v) is 9.51. The minimum Gasteiger partial charge on any atom is -0.349 e. The number of allylic oxidation sites excluding steroid dienone is 1. The first-order chi connectivity index (χ1) is 17.4. The Balaban J connectivity index is 1.96. The van der Waals surface area contributed by atoms with Crippen LogP contribution in [0.15, 0.2) is 36.4 Å². The first-order valence-corrected chi connectivity index (χ1v) is 11.6. The maximum atomic E-state index is 14.9. The van der Waals surface area contributed by atoms with Crippen LogP contribution in [0.3, 0.4) is 0 Å². The predicted octanol–water partition coefficient (Wildman–Crippen LogP) is 9.12. The van der Waals surface area contributed by atoms with Gasteiger partial charge in [-0.3, -0.25) is 4.79 Å². The van der Waals surface area contributed by atoms with Crippen molar-refractivity contribution in [3.63, 3.8) is 0 Å². The van der Waals surface area contributed by atoms with E-state index in [1.807, 2.05) is 0 Å². The average Bonchev–Trinajstić information content (AvgIpc) is 2.80. The van der Waals surface area contributed by atoms with E-state index >= 15 is 0 Å². The number of halogens is 12. The molecule has 0 spiro atoms. The summed E-state index contributed by atoms with van der Waals surface area (Å²) in [4.78, 5) is 12.5. The summed E-state index contributed by atoms with van der Waals surface area (Å²) >= 11 is 11.1. The Kier molecular flexibility index (Phi) is 8.67. The molecule has 2 aromatic rings. The van der Waals surface area contributed by atoms with Gasteiger partial charge in [0.15, 0.2) is 5.82 Å². The van der Waals surface area contributed by atoms with Crippen molar-refractivity contribution in [3.8, 4) is 0 Å². The van der Waals surface area contributed by atoms with Crippen LogP contribution in [0.5, 0.6) is 0 Å². The molecule has 0 heterocycles. The zero-order valence-corrected chi connectivity index (χ0v) is 20.4. The number of carbonyl (C=O) groups excluding carboxylic acids is 1. The van der Waals surface area contributed by atoms with Crippen molar-refractivity contribution in [1.29, 1.82) is 0 Å². The Morgan fingerprint density at radius 1 is 1.00 bits per heavy atom. The van der Waals surface area contributed by atoms with Gasteiger partial charge in [-0.15, -0.1) is 0 Å². The minimum absolute atomic E-state index is 0.0304. The fourth-order valence-electron chi connectivity index (χ4n) is 3.95. The molecule has 1 atom stereocenters. The van der Waals surface area contributed by atoms with Crippen LogP contribution >= 0.6 is 23.2 Å². The number of amides is 1. The first kappa shape index (κ1) is 30.1. The Morgan fingerprint density at radius 2 is 1.55 bits per heavy atom. The van der Waals surface area contributed by atoms with Crippen LogP contribution < -0.4 is 5.32 Å². The minimum atomic E-state index is -5.22. The van der Waals surface area contributed by atoms with Crippen molar-refractivity contribution < 1.29 is 48.7 Å². The molecule has 1 aliphatic carbocycles. The fourth-order valence-corrected chi connectivity index (χ4v) is 4.45. The van der Waals surface area contributed by atoms with Gasteiger partial charge in [0, 0.05) is 24.4 Å². The van der Waals surface area contributed by atoms with E-state index in [9.17, 15) is 48.7 Å². The average molecular weight is 596 g/mol. The molecule has 3 rings (SSSR count). The summed E-state index contributed by atoms with van der Waals surface area (Å²) in [5.41, 5.74) is -4.31. The molecule has 14 heteroatoms. The van der Waals surface area contributed by atoms with Gasteiger partial charge in [0.2, 0.25) is 5.92 Å². The van der Waals surface area contributed by atoms with E-state index in [1.165, 1.54) is 0 Å². The van der Waals surface area contributed by atoms with E-state index in [1.54, 1.807) is 0 Å². The first-order valence-electron chi connectivity index (χ1n) is 10.9. The molecule has 0 bridgehead atoms. The Hall–Kier alpha value is -2.47. The summed E-state index contributed by atoms with van der Waals surface area (Å²) in [5.74, 6) is -9.90. The lowest BCUT2D eigenvalue weighted by Gasteiger charge is -2.29. The highest BCUT2D eigenvalue weighted by molar-refractivity contribution is 6.35. The van der Waals surface area contributed by atoms with E-state index in [0.717, 1.165) is 0 Å². The highest BCUT2D eigenvalue weighted by atomic mass is 35.5. The molecule has 2 nitrogen and oxygen atoms in total. The lowest BCUT2D eigenvalue weighted by molar-refractivity contribution is -0.140. The summed E-state index contributed by atoms with van der Waals surface area (Å²) in [6, 6.07) is 1.70. The molecule has 208 valence electrons. The van der Waals surface area contributed by atoms with Crippen LogP contribution in [-0.4, -0.2) is 24.0 Å². The molecule has 0 aliphatic heterocycles. The Labute approximate surface area is 219 Å². The van der Waals surface area contributed by atoms with E-state index in [-0.39, 0.29) is 25.0 Å². The summed E-state index contributed by atoms with van der Waals surface area (Å²) in [5, 5.41) is 0.667. The van der Waals surface area contributed by atoms with Gasteiger partial charge in [0.1, 0.15) is 11.7 Å². The summed E-state index contributed by atoms with van der Waals surface area (Å²) in [6.07, 6.45) is -11.9. The van der Waals surface area contributed by atoms with Gasteiger partial charge in [0.25, 0.3) is 5.91 Å². The van der Waals surface area contributed by atoms with Gasteiger partial charge >= 0.3 is 12.4 Å². The van der Waals surface area contributed by atoms with Gasteiger partial charge < -0.3 is 5.32 Å². The highest BCUT2D eigenvalue weighted by Gasteiger charge is 2.41. The molecule has 38 heavy (non-hydrogen) atoms. The number of carbonyl (C=O) groups is 1. The number of alkyl halides is 8. The lowest BCUT2D eigenvalue weighted by atomic mass is 9.91. The molecule has 0 aromatic heterocycles. The predicted molar refractivity (Wildman–Crippen MR) is 120 cm³/mol. The zero-order chi connectivity index (χ0) is 28.6. The number of hydrogen-bond donors (Lipinski definition) is 1. The van der Waals surface area contributed by atoms with Gasteiger partial charge in [-0.05, 0) is 48.7 Å². The van der Waals surface area contributed by atoms with Crippen molar-refractivity contribution >= 4 is 34.9 Å². The quantitative estimate of drug-likeness (QED) is 0.271. The summed E-state index contributed by atoms with van der Waals surface area (Å²) < 4.78 is 137. The molecule has 1 saturated carbocycles. The number of nitrogens with one attached hydrogen (secondary N) is 1. The molecular formula is C24H17Cl2F10NO. The van der Waals surface area contributed by atoms with Crippen LogP contribution in [0.25, 0.3) is 5.83 Å². The van der Waals surface area contributed by atoms with E-state index in [0.29, 0.717) is 24.3 Å². The van der Waals surface area contributed by atoms with Crippen molar-refractivity contribution in [2.24, 2.45) is 0 Å². The largest absolute Gasteiger partial charge is 0.417 e. The van der Waals surface area contributed by atoms with Crippen LogP contribution in [0, 0.1) is 5.82 Å². The number of hydrogen-bond acceptors (Lipinski definition) is 1. The van der Waals surface area contributed by atoms with Gasteiger partial charge in [-0.25, -0.2) is 17.6 Å². The second kappa shape index (κ2) is 11.0. The van der Waals surface area contributed by atoms with Gasteiger partial charge in [-0.2, -0.15) is 26.3 Å². The third kappa shape index (κ3) is 7.13. The third-order valence-corrected chi connectivity index (χ3v) is 6.48. The normalized spacial score (nSPS) is 17.8. The third-order valence-electron chi connectivity index (χ3n) is 5.93. The van der Waals surface area contributed by atoms with Gasteiger partial charge in [-0.1, -0.05) is 29.3 Å². The van der Waals surface area contributed by atoms with Crippen LogP contribution in [0.4, 0.5) is 43.9 Å². The maximum Gasteiger partial charge on any atom is 0.417 e. The summed E-state index contributed by atoms with van der Waals surface area (Å²) in [7, 11) is 0. The standard InChI is InChI=1S/C24H17Cl2F10NO/c25-17-8-12(9-18(26)20(17)28)15(23(31,32)33)10-19(27)11-1-2-14(16(7-11)24(34,35)36)21(38)37-13-3-5-22(29,30)6-4-13/h1-2,7-10,13,15H,3-6H2,(H,37,38)/b19-10-. The van der Waals surface area contributed by atoms with E-state index in [2.05, 4.69) is 5.32 Å². The van der Waals surface area contributed by atoms with Crippen molar-refractivity contribution in [2.75, 3.05) is 0 Å². The van der Waals surface area contributed by atoms with Crippen LogP contribution in [0.2, 0.25) is 10.0 Å². The smallest absolute Gasteiger partial charge is 0.349 e. The monoisotopic (exact) mass is 595 g/mol. The molecule has 1 amide bonds. The van der Waals surface area contributed by atoms with Crippen molar-refractivity contribution in [3.05, 3.63) is 74.5 Å². The topological polar surface area (TPSA) is 29.1 Å². The molecule has 1 N–H and O–H groups in total. The fraction of sp³-hybridized carbons (Fsp3) is 0.375. The maximum absolute atomic E-state index is 14.9. The zero-order valence-electron chi connectivity index (χ0n) is 18.9. The Bertz CT molecular complexity index is 1210. The molecule has 1 aliphatic rings. The molecule has 1 unspecified atom stereocenters. The number of rotatable bonds is 5. The summed E-state index contributed by atoms with van der Waals surface area (Å²) in [6.45, 7) is 0. The molecule has 1 fully saturated rings. The number of benzene rings is 2. The van der Waals surface area contributed by atoms with Gasteiger partial charge in [0.05, 0.1) is 21.2 Å².